The lowest BCUT2D eigenvalue weighted by Gasteiger charge is -2.20. The lowest BCUT2D eigenvalue weighted by molar-refractivity contribution is 0.406. The van der Waals surface area contributed by atoms with Crippen LogP contribution in [0.5, 0.6) is 0 Å². The first-order chi connectivity index (χ1) is 8.81. The van der Waals surface area contributed by atoms with Crippen molar-refractivity contribution in [1.29, 1.82) is 0 Å². The van der Waals surface area contributed by atoms with Gasteiger partial charge in [0.25, 0.3) is 0 Å². The van der Waals surface area contributed by atoms with Crippen LogP contribution in [0.25, 0.3) is 11.0 Å². The summed E-state index contributed by atoms with van der Waals surface area (Å²) in [5.41, 5.74) is 2.21. The smallest absolute Gasteiger partial charge is 0.111 e. The number of aromatic nitrogens is 3. The maximum atomic E-state index is 5.91. The fourth-order valence-corrected chi connectivity index (χ4v) is 3.31. The van der Waals surface area contributed by atoms with Gasteiger partial charge in [0.15, 0.2) is 0 Å². The Morgan fingerprint density at radius 2 is 2.33 bits per heavy atom. The molecular formula is C14H18ClN3. The Bertz CT molecular complexity index is 549. The molecule has 3 nitrogen and oxygen atoms in total. The van der Waals surface area contributed by atoms with Gasteiger partial charge in [-0.2, -0.15) is 0 Å². The lowest BCUT2D eigenvalue weighted by Crippen LogP contribution is -2.15. The zero-order valence-electron chi connectivity index (χ0n) is 10.6. The van der Waals surface area contributed by atoms with Gasteiger partial charge in [-0.1, -0.05) is 13.3 Å². The van der Waals surface area contributed by atoms with Crippen molar-refractivity contribution in [3.8, 4) is 0 Å². The quantitative estimate of drug-likeness (QED) is 0.793. The Labute approximate surface area is 112 Å². The molecule has 2 atom stereocenters. The summed E-state index contributed by atoms with van der Waals surface area (Å²) in [4.78, 5) is 8.86. The van der Waals surface area contributed by atoms with Crippen LogP contribution in [-0.4, -0.2) is 20.4 Å². The Morgan fingerprint density at radius 1 is 1.44 bits per heavy atom. The van der Waals surface area contributed by atoms with Gasteiger partial charge in [-0.15, -0.1) is 11.6 Å². The summed E-state index contributed by atoms with van der Waals surface area (Å²) in [7, 11) is 0. The number of fused-ring (bicyclic) bond motifs is 1. The minimum absolute atomic E-state index is 0.579. The van der Waals surface area contributed by atoms with Crippen LogP contribution in [0.4, 0.5) is 0 Å². The van der Waals surface area contributed by atoms with Gasteiger partial charge in [0, 0.05) is 24.5 Å². The van der Waals surface area contributed by atoms with Gasteiger partial charge in [-0.05, 0) is 24.8 Å². The van der Waals surface area contributed by atoms with Crippen molar-refractivity contribution in [3.63, 3.8) is 0 Å². The zero-order valence-corrected chi connectivity index (χ0v) is 11.4. The molecule has 0 amide bonds. The van der Waals surface area contributed by atoms with E-state index in [1.54, 1.807) is 0 Å². The Kier molecular flexibility index (Phi) is 3.25. The van der Waals surface area contributed by atoms with Crippen molar-refractivity contribution in [3.05, 3.63) is 24.3 Å². The van der Waals surface area contributed by atoms with E-state index in [-0.39, 0.29) is 0 Å². The van der Waals surface area contributed by atoms with Crippen LogP contribution < -0.4 is 0 Å². The number of rotatable bonds is 3. The number of hydrogen-bond donors (Lipinski definition) is 0. The molecule has 2 heterocycles. The molecule has 0 aliphatic heterocycles. The fraction of sp³-hybridized carbons (Fsp3) is 0.571. The van der Waals surface area contributed by atoms with Crippen molar-refractivity contribution < 1.29 is 0 Å². The van der Waals surface area contributed by atoms with Crippen molar-refractivity contribution in [1.82, 2.24) is 14.5 Å². The standard InChI is InChI=1S/C14H18ClN3/c1-10-3-2-4-12(10)18-13-6-8-16-9-11(13)17-14(18)5-7-15/h6,8-10,12H,2-5,7H2,1H3. The zero-order chi connectivity index (χ0) is 12.5. The van der Waals surface area contributed by atoms with Crippen LogP contribution >= 0.6 is 11.6 Å². The Hall–Kier alpha value is -1.09. The molecule has 0 bridgehead atoms. The summed E-state index contributed by atoms with van der Waals surface area (Å²) in [5, 5.41) is 0. The monoisotopic (exact) mass is 263 g/mol. The van der Waals surface area contributed by atoms with Gasteiger partial charge in [0.05, 0.1) is 11.7 Å². The molecule has 96 valence electrons. The van der Waals surface area contributed by atoms with E-state index in [4.69, 9.17) is 16.6 Å². The molecule has 0 spiro atoms. The van der Waals surface area contributed by atoms with E-state index in [1.807, 2.05) is 12.4 Å². The van der Waals surface area contributed by atoms with E-state index >= 15 is 0 Å². The molecule has 1 aliphatic carbocycles. The molecule has 1 fully saturated rings. The highest BCUT2D eigenvalue weighted by Gasteiger charge is 2.28. The van der Waals surface area contributed by atoms with Crippen LogP contribution in [0.2, 0.25) is 0 Å². The highest BCUT2D eigenvalue weighted by Crippen LogP contribution is 2.38. The maximum Gasteiger partial charge on any atom is 0.111 e. The molecule has 0 radical (unpaired) electrons. The second kappa shape index (κ2) is 4.88. The molecule has 0 saturated heterocycles. The fourth-order valence-electron chi connectivity index (χ4n) is 3.14. The first-order valence-corrected chi connectivity index (χ1v) is 7.21. The molecule has 2 aromatic heterocycles. The number of hydrogen-bond acceptors (Lipinski definition) is 2. The minimum Gasteiger partial charge on any atom is -0.324 e. The molecule has 18 heavy (non-hydrogen) atoms. The summed E-state index contributed by atoms with van der Waals surface area (Å²) in [6.45, 7) is 2.34. The molecular weight excluding hydrogens is 246 g/mol. The summed E-state index contributed by atoms with van der Waals surface area (Å²) in [5.74, 6) is 2.47. The third-order valence-electron chi connectivity index (χ3n) is 4.03. The van der Waals surface area contributed by atoms with Crippen LogP contribution in [0.15, 0.2) is 18.5 Å². The molecule has 4 heteroatoms. The van der Waals surface area contributed by atoms with Crippen LogP contribution in [0, 0.1) is 5.92 Å². The summed E-state index contributed by atoms with van der Waals surface area (Å²) < 4.78 is 2.41. The highest BCUT2D eigenvalue weighted by atomic mass is 35.5. The number of pyridine rings is 1. The Morgan fingerprint density at radius 3 is 3.06 bits per heavy atom. The minimum atomic E-state index is 0.579. The predicted molar refractivity (Wildman–Crippen MR) is 74.0 cm³/mol. The van der Waals surface area contributed by atoms with Crippen molar-refractivity contribution in [2.75, 3.05) is 5.88 Å². The van der Waals surface area contributed by atoms with Crippen molar-refractivity contribution in [2.45, 2.75) is 38.6 Å². The van der Waals surface area contributed by atoms with Crippen LogP contribution in [0.1, 0.15) is 38.1 Å². The average Bonchev–Trinajstić information content (AvgIpc) is 2.93. The molecule has 0 N–H and O–H groups in total. The average molecular weight is 264 g/mol. The van der Waals surface area contributed by atoms with Crippen LogP contribution in [0.3, 0.4) is 0 Å². The van der Waals surface area contributed by atoms with Crippen molar-refractivity contribution in [2.24, 2.45) is 5.92 Å². The molecule has 3 rings (SSSR count). The lowest BCUT2D eigenvalue weighted by atomic mass is 10.1. The van der Waals surface area contributed by atoms with Gasteiger partial charge in [-0.3, -0.25) is 4.98 Å². The summed E-state index contributed by atoms with van der Waals surface area (Å²) in [6, 6.07) is 2.65. The third-order valence-corrected chi connectivity index (χ3v) is 4.22. The first kappa shape index (κ1) is 12.0. The van der Waals surface area contributed by atoms with Gasteiger partial charge < -0.3 is 4.57 Å². The largest absolute Gasteiger partial charge is 0.324 e. The van der Waals surface area contributed by atoms with Crippen molar-refractivity contribution >= 4 is 22.6 Å². The second-order valence-electron chi connectivity index (χ2n) is 5.18. The topological polar surface area (TPSA) is 30.7 Å². The molecule has 1 saturated carbocycles. The van der Waals surface area contributed by atoms with Gasteiger partial charge >= 0.3 is 0 Å². The molecule has 2 aromatic rings. The van der Waals surface area contributed by atoms with Gasteiger partial charge in [-0.25, -0.2) is 4.98 Å². The van der Waals surface area contributed by atoms with E-state index < -0.39 is 0 Å². The first-order valence-electron chi connectivity index (χ1n) is 6.68. The number of alkyl halides is 1. The second-order valence-corrected chi connectivity index (χ2v) is 5.55. The molecule has 2 unspecified atom stereocenters. The predicted octanol–water partition coefficient (Wildman–Crippen LogP) is 3.57. The maximum absolute atomic E-state index is 5.91. The summed E-state index contributed by atoms with van der Waals surface area (Å²) in [6.07, 6.45) is 8.42. The molecule has 1 aliphatic rings. The Balaban J connectivity index is 2.14. The SMILES string of the molecule is CC1CCCC1n1c(CCCl)nc2cnccc21. The normalized spacial score (nSPS) is 23.9. The van der Waals surface area contributed by atoms with Crippen LogP contribution in [-0.2, 0) is 6.42 Å². The van der Waals surface area contributed by atoms with E-state index in [2.05, 4.69) is 22.5 Å². The van der Waals surface area contributed by atoms with Gasteiger partial charge in [0.2, 0.25) is 0 Å². The highest BCUT2D eigenvalue weighted by molar-refractivity contribution is 6.17. The van der Waals surface area contributed by atoms with Gasteiger partial charge in [0.1, 0.15) is 11.3 Å². The van der Waals surface area contributed by atoms with E-state index in [9.17, 15) is 0 Å². The van der Waals surface area contributed by atoms with E-state index in [0.29, 0.717) is 11.9 Å². The van der Waals surface area contributed by atoms with E-state index in [1.165, 1.54) is 24.8 Å². The third kappa shape index (κ3) is 1.91. The van der Waals surface area contributed by atoms with E-state index in [0.717, 1.165) is 23.7 Å². The summed E-state index contributed by atoms with van der Waals surface area (Å²) >= 11 is 5.91. The number of aryl methyl sites for hydroxylation is 1. The molecule has 0 aromatic carbocycles. The number of halogens is 1. The number of imidazole rings is 1. The number of nitrogens with zero attached hydrogens (tertiary/aromatic N) is 3.